The Kier molecular flexibility index (Phi) is 3.25. The number of nitrogens with zero attached hydrogens (tertiary/aromatic N) is 3. The van der Waals surface area contributed by atoms with Gasteiger partial charge in [0.25, 0.3) is 5.69 Å². The highest BCUT2D eigenvalue weighted by molar-refractivity contribution is 5.35. The summed E-state index contributed by atoms with van der Waals surface area (Å²) in [6.07, 6.45) is 3.25. The highest BCUT2D eigenvalue weighted by Crippen LogP contribution is 2.17. The highest BCUT2D eigenvalue weighted by atomic mass is 16.6. The molecule has 0 aliphatic carbocycles. The van der Waals surface area contributed by atoms with Crippen molar-refractivity contribution in [2.24, 2.45) is 0 Å². The third-order valence-electron chi connectivity index (χ3n) is 2.03. The monoisotopic (exact) mass is 231 g/mol. The highest BCUT2D eigenvalue weighted by Gasteiger charge is 2.04. The van der Waals surface area contributed by atoms with E-state index >= 15 is 0 Å². The van der Waals surface area contributed by atoms with Crippen LogP contribution >= 0.6 is 0 Å². The number of non-ortho nitro benzene ring substituents is 1. The van der Waals surface area contributed by atoms with E-state index in [0.717, 1.165) is 0 Å². The van der Waals surface area contributed by atoms with E-state index in [1.807, 2.05) is 0 Å². The Morgan fingerprint density at radius 2 is 1.82 bits per heavy atom. The lowest BCUT2D eigenvalue weighted by molar-refractivity contribution is -0.384. The number of nitro benzene ring substituents is 1. The Morgan fingerprint density at radius 1 is 1.18 bits per heavy atom. The molecular weight excluding hydrogens is 222 g/mol. The van der Waals surface area contributed by atoms with Gasteiger partial charge in [-0.05, 0) is 18.2 Å². The Labute approximate surface area is 97.1 Å². The van der Waals surface area contributed by atoms with Crippen LogP contribution in [0, 0.1) is 10.1 Å². The molecule has 0 spiro atoms. The lowest BCUT2D eigenvalue weighted by Crippen LogP contribution is -2.00. The van der Waals surface area contributed by atoms with Gasteiger partial charge in [0.1, 0.15) is 12.4 Å². The second kappa shape index (κ2) is 5.02. The molecule has 0 unspecified atom stereocenters. The van der Waals surface area contributed by atoms with Crippen LogP contribution in [-0.2, 0) is 6.61 Å². The first-order valence-electron chi connectivity index (χ1n) is 4.89. The van der Waals surface area contributed by atoms with Crippen molar-refractivity contribution in [2.75, 3.05) is 0 Å². The minimum atomic E-state index is -0.454. The first kappa shape index (κ1) is 11.0. The third kappa shape index (κ3) is 2.97. The molecule has 0 bridgehead atoms. The molecule has 0 amide bonds. The van der Waals surface area contributed by atoms with Crippen molar-refractivity contribution in [3.63, 3.8) is 0 Å². The van der Waals surface area contributed by atoms with E-state index in [1.165, 1.54) is 12.1 Å². The van der Waals surface area contributed by atoms with Gasteiger partial charge in [-0.1, -0.05) is 0 Å². The molecule has 17 heavy (non-hydrogen) atoms. The molecule has 2 aromatic rings. The van der Waals surface area contributed by atoms with E-state index in [1.54, 1.807) is 30.6 Å². The van der Waals surface area contributed by atoms with Crippen molar-refractivity contribution in [1.82, 2.24) is 9.97 Å². The van der Waals surface area contributed by atoms with Gasteiger partial charge in [0.05, 0.1) is 4.92 Å². The molecule has 1 aromatic carbocycles. The first-order valence-corrected chi connectivity index (χ1v) is 4.89. The van der Waals surface area contributed by atoms with Gasteiger partial charge in [0.2, 0.25) is 0 Å². The van der Waals surface area contributed by atoms with E-state index in [0.29, 0.717) is 11.6 Å². The molecule has 1 heterocycles. The predicted octanol–water partition coefficient (Wildman–Crippen LogP) is 1.96. The molecule has 6 nitrogen and oxygen atoms in total. The van der Waals surface area contributed by atoms with Crippen LogP contribution in [0.4, 0.5) is 5.69 Å². The van der Waals surface area contributed by atoms with Crippen LogP contribution < -0.4 is 4.74 Å². The van der Waals surface area contributed by atoms with E-state index in [-0.39, 0.29) is 12.3 Å². The Balaban J connectivity index is 1.98. The average molecular weight is 231 g/mol. The van der Waals surface area contributed by atoms with Crippen molar-refractivity contribution in [3.8, 4) is 5.75 Å². The van der Waals surface area contributed by atoms with Crippen LogP contribution in [0.15, 0.2) is 42.7 Å². The van der Waals surface area contributed by atoms with Gasteiger partial charge in [0, 0.05) is 24.5 Å². The summed E-state index contributed by atoms with van der Waals surface area (Å²) in [4.78, 5) is 18.0. The molecule has 0 saturated heterocycles. The molecule has 0 aliphatic heterocycles. The van der Waals surface area contributed by atoms with Crippen molar-refractivity contribution in [2.45, 2.75) is 6.61 Å². The molecule has 0 atom stereocenters. The van der Waals surface area contributed by atoms with Crippen LogP contribution in [0.2, 0.25) is 0 Å². The number of hydrogen-bond acceptors (Lipinski definition) is 5. The summed E-state index contributed by atoms with van der Waals surface area (Å²) < 4.78 is 5.38. The zero-order valence-corrected chi connectivity index (χ0v) is 8.81. The lowest BCUT2D eigenvalue weighted by Gasteiger charge is -2.03. The van der Waals surface area contributed by atoms with Gasteiger partial charge in [-0.15, -0.1) is 0 Å². The molecule has 6 heteroatoms. The summed E-state index contributed by atoms with van der Waals surface area (Å²) in [6, 6.07) is 7.58. The molecule has 0 radical (unpaired) electrons. The summed E-state index contributed by atoms with van der Waals surface area (Å²) in [6.45, 7) is 0.235. The normalized spacial score (nSPS) is 9.88. The average Bonchev–Trinajstić information content (AvgIpc) is 2.38. The molecular formula is C11H9N3O3. The maximum Gasteiger partial charge on any atom is 0.269 e. The molecule has 0 saturated carbocycles. The SMILES string of the molecule is O=[N+]([O-])c1ccc(OCc2ncccn2)cc1. The smallest absolute Gasteiger partial charge is 0.269 e. The lowest BCUT2D eigenvalue weighted by atomic mass is 10.3. The van der Waals surface area contributed by atoms with Crippen LogP contribution in [-0.4, -0.2) is 14.9 Å². The number of aromatic nitrogens is 2. The largest absolute Gasteiger partial charge is 0.486 e. The van der Waals surface area contributed by atoms with Crippen molar-refractivity contribution >= 4 is 5.69 Å². The van der Waals surface area contributed by atoms with Gasteiger partial charge in [-0.2, -0.15) is 0 Å². The second-order valence-electron chi connectivity index (χ2n) is 3.20. The molecule has 0 fully saturated rings. The maximum atomic E-state index is 10.4. The number of nitro groups is 1. The van der Waals surface area contributed by atoms with Gasteiger partial charge in [0.15, 0.2) is 5.82 Å². The second-order valence-corrected chi connectivity index (χ2v) is 3.20. The Bertz CT molecular complexity index is 499. The predicted molar refractivity (Wildman–Crippen MR) is 59.5 cm³/mol. The molecule has 2 rings (SSSR count). The summed E-state index contributed by atoms with van der Waals surface area (Å²) in [5, 5.41) is 10.4. The minimum absolute atomic E-state index is 0.0355. The third-order valence-corrected chi connectivity index (χ3v) is 2.03. The zero-order valence-electron chi connectivity index (χ0n) is 8.81. The van der Waals surface area contributed by atoms with Crippen LogP contribution in [0.5, 0.6) is 5.75 Å². The fourth-order valence-corrected chi connectivity index (χ4v) is 1.22. The Hall–Kier alpha value is -2.50. The van der Waals surface area contributed by atoms with E-state index in [9.17, 15) is 10.1 Å². The Morgan fingerprint density at radius 3 is 2.41 bits per heavy atom. The van der Waals surface area contributed by atoms with Crippen molar-refractivity contribution in [3.05, 3.63) is 58.7 Å². The molecule has 0 N–H and O–H groups in total. The number of benzene rings is 1. The topological polar surface area (TPSA) is 78.2 Å². The molecule has 0 aliphatic rings. The standard InChI is InChI=1S/C11H9N3O3/c15-14(16)9-2-4-10(5-3-9)17-8-11-12-6-1-7-13-11/h1-7H,8H2. The summed E-state index contributed by atoms with van der Waals surface area (Å²) in [5.41, 5.74) is 0.0355. The summed E-state index contributed by atoms with van der Waals surface area (Å²) in [7, 11) is 0. The zero-order chi connectivity index (χ0) is 12.1. The molecule has 86 valence electrons. The molecule has 1 aromatic heterocycles. The van der Waals surface area contributed by atoms with Gasteiger partial charge in [-0.3, -0.25) is 10.1 Å². The van der Waals surface area contributed by atoms with E-state index < -0.39 is 4.92 Å². The maximum absolute atomic E-state index is 10.4. The first-order chi connectivity index (χ1) is 8.25. The fourth-order valence-electron chi connectivity index (χ4n) is 1.22. The van der Waals surface area contributed by atoms with Crippen molar-refractivity contribution in [1.29, 1.82) is 0 Å². The number of ether oxygens (including phenoxy) is 1. The number of rotatable bonds is 4. The van der Waals surface area contributed by atoms with Gasteiger partial charge < -0.3 is 4.74 Å². The van der Waals surface area contributed by atoms with Gasteiger partial charge >= 0.3 is 0 Å². The van der Waals surface area contributed by atoms with Gasteiger partial charge in [-0.25, -0.2) is 9.97 Å². The van der Waals surface area contributed by atoms with E-state index in [4.69, 9.17) is 4.74 Å². The van der Waals surface area contributed by atoms with Crippen molar-refractivity contribution < 1.29 is 9.66 Å². The summed E-state index contributed by atoms with van der Waals surface area (Å²) in [5.74, 6) is 1.11. The van der Waals surface area contributed by atoms with E-state index in [2.05, 4.69) is 9.97 Å². The van der Waals surface area contributed by atoms with Crippen LogP contribution in [0.1, 0.15) is 5.82 Å². The minimum Gasteiger partial charge on any atom is -0.486 e. The van der Waals surface area contributed by atoms with Crippen LogP contribution in [0.25, 0.3) is 0 Å². The fraction of sp³-hybridized carbons (Fsp3) is 0.0909. The summed E-state index contributed by atoms with van der Waals surface area (Å²) >= 11 is 0. The quantitative estimate of drug-likeness (QED) is 0.593. The number of hydrogen-bond donors (Lipinski definition) is 0. The van der Waals surface area contributed by atoms with Crippen LogP contribution in [0.3, 0.4) is 0 Å².